The number of benzene rings is 1. The zero-order chi connectivity index (χ0) is 10.1. The SMILES string of the molecule is Cn1cc2ccc(C(Cl)=NO)cc2n1. The van der Waals surface area contributed by atoms with Crippen molar-refractivity contribution in [2.45, 2.75) is 0 Å². The maximum Gasteiger partial charge on any atom is 0.175 e. The summed E-state index contributed by atoms with van der Waals surface area (Å²) >= 11 is 5.66. The highest BCUT2D eigenvalue weighted by Crippen LogP contribution is 2.15. The van der Waals surface area contributed by atoms with Gasteiger partial charge in [-0.2, -0.15) is 5.10 Å². The summed E-state index contributed by atoms with van der Waals surface area (Å²) < 4.78 is 1.72. The van der Waals surface area contributed by atoms with E-state index in [0.29, 0.717) is 5.56 Å². The highest BCUT2D eigenvalue weighted by molar-refractivity contribution is 6.69. The molecule has 0 saturated carbocycles. The fraction of sp³-hybridized carbons (Fsp3) is 0.111. The van der Waals surface area contributed by atoms with Crippen molar-refractivity contribution in [3.05, 3.63) is 30.0 Å². The van der Waals surface area contributed by atoms with Crippen molar-refractivity contribution in [2.24, 2.45) is 12.2 Å². The van der Waals surface area contributed by atoms with Crippen molar-refractivity contribution in [3.8, 4) is 0 Å². The minimum Gasteiger partial charge on any atom is -0.410 e. The summed E-state index contributed by atoms with van der Waals surface area (Å²) in [6.45, 7) is 0. The normalized spacial score (nSPS) is 12.3. The van der Waals surface area contributed by atoms with Crippen LogP contribution in [0.2, 0.25) is 0 Å². The number of hydrogen-bond donors (Lipinski definition) is 1. The molecule has 2 rings (SSSR count). The Morgan fingerprint density at radius 2 is 2.36 bits per heavy atom. The van der Waals surface area contributed by atoms with E-state index in [1.807, 2.05) is 19.3 Å². The average Bonchev–Trinajstić information content (AvgIpc) is 2.55. The van der Waals surface area contributed by atoms with Gasteiger partial charge in [-0.25, -0.2) is 0 Å². The first-order valence-electron chi connectivity index (χ1n) is 4.02. The van der Waals surface area contributed by atoms with Crippen LogP contribution in [0.5, 0.6) is 0 Å². The molecule has 0 spiro atoms. The second-order valence-corrected chi connectivity index (χ2v) is 3.33. The summed E-state index contributed by atoms with van der Waals surface area (Å²) in [4.78, 5) is 0. The molecule has 0 aliphatic rings. The molecule has 0 amide bonds. The highest BCUT2D eigenvalue weighted by Gasteiger charge is 2.03. The van der Waals surface area contributed by atoms with E-state index in [4.69, 9.17) is 16.8 Å². The van der Waals surface area contributed by atoms with Gasteiger partial charge >= 0.3 is 0 Å². The van der Waals surface area contributed by atoms with Gasteiger partial charge in [0.2, 0.25) is 0 Å². The Balaban J connectivity index is 2.61. The zero-order valence-corrected chi connectivity index (χ0v) is 8.23. The van der Waals surface area contributed by atoms with Crippen molar-refractivity contribution in [1.29, 1.82) is 0 Å². The predicted molar refractivity (Wildman–Crippen MR) is 54.9 cm³/mol. The molecule has 0 radical (unpaired) electrons. The van der Waals surface area contributed by atoms with Crippen LogP contribution in [-0.2, 0) is 7.05 Å². The Bertz CT molecular complexity index is 504. The topological polar surface area (TPSA) is 50.4 Å². The van der Waals surface area contributed by atoms with Crippen LogP contribution in [0.4, 0.5) is 0 Å². The van der Waals surface area contributed by atoms with Gasteiger partial charge < -0.3 is 5.21 Å². The third-order valence-corrected chi connectivity index (χ3v) is 2.24. The molecule has 0 saturated heterocycles. The quantitative estimate of drug-likeness (QED) is 0.443. The van der Waals surface area contributed by atoms with Gasteiger partial charge in [0.1, 0.15) is 0 Å². The number of rotatable bonds is 1. The van der Waals surface area contributed by atoms with E-state index < -0.39 is 0 Å². The third-order valence-electron chi connectivity index (χ3n) is 1.95. The Labute approximate surface area is 85.4 Å². The van der Waals surface area contributed by atoms with Gasteiger partial charge in [0, 0.05) is 24.2 Å². The maximum absolute atomic E-state index is 8.50. The molecule has 2 aromatic rings. The van der Waals surface area contributed by atoms with Crippen molar-refractivity contribution >= 4 is 27.7 Å². The fourth-order valence-corrected chi connectivity index (χ4v) is 1.44. The largest absolute Gasteiger partial charge is 0.410 e. The highest BCUT2D eigenvalue weighted by atomic mass is 35.5. The molecular formula is C9H8ClN3O. The lowest BCUT2D eigenvalue weighted by Gasteiger charge is -1.94. The number of nitrogens with zero attached hydrogens (tertiary/aromatic N) is 3. The summed E-state index contributed by atoms with van der Waals surface area (Å²) in [7, 11) is 1.85. The van der Waals surface area contributed by atoms with E-state index in [-0.39, 0.29) is 5.17 Å². The van der Waals surface area contributed by atoms with Crippen molar-refractivity contribution < 1.29 is 5.21 Å². The van der Waals surface area contributed by atoms with E-state index in [0.717, 1.165) is 10.9 Å². The first-order chi connectivity index (χ1) is 6.70. The van der Waals surface area contributed by atoms with Crippen molar-refractivity contribution in [3.63, 3.8) is 0 Å². The molecule has 4 nitrogen and oxygen atoms in total. The van der Waals surface area contributed by atoms with E-state index in [1.165, 1.54) is 0 Å². The Morgan fingerprint density at radius 3 is 3.07 bits per heavy atom. The van der Waals surface area contributed by atoms with Crippen LogP contribution in [0, 0.1) is 0 Å². The molecule has 1 heterocycles. The van der Waals surface area contributed by atoms with Crippen LogP contribution in [0.3, 0.4) is 0 Å². The van der Waals surface area contributed by atoms with E-state index >= 15 is 0 Å². The number of hydrogen-bond acceptors (Lipinski definition) is 3. The minimum atomic E-state index is 0.0672. The van der Waals surface area contributed by atoms with Crippen LogP contribution < -0.4 is 0 Å². The number of oxime groups is 1. The predicted octanol–water partition coefficient (Wildman–Crippen LogP) is 1.95. The first-order valence-corrected chi connectivity index (χ1v) is 4.40. The van der Waals surface area contributed by atoms with Gasteiger partial charge in [0.05, 0.1) is 5.52 Å². The van der Waals surface area contributed by atoms with Crippen LogP contribution in [0.15, 0.2) is 29.6 Å². The molecule has 0 unspecified atom stereocenters. The van der Waals surface area contributed by atoms with Gasteiger partial charge in [-0.15, -0.1) is 0 Å². The number of aromatic nitrogens is 2. The second-order valence-electron chi connectivity index (χ2n) is 2.97. The fourth-order valence-electron chi connectivity index (χ4n) is 1.33. The van der Waals surface area contributed by atoms with Crippen LogP contribution in [0.1, 0.15) is 5.56 Å². The number of aryl methyl sites for hydroxylation is 1. The molecule has 0 bridgehead atoms. The van der Waals surface area contributed by atoms with Crippen molar-refractivity contribution in [2.75, 3.05) is 0 Å². The van der Waals surface area contributed by atoms with E-state index in [2.05, 4.69) is 10.3 Å². The lowest BCUT2D eigenvalue weighted by molar-refractivity contribution is 0.321. The Kier molecular flexibility index (Phi) is 2.13. The lowest BCUT2D eigenvalue weighted by Crippen LogP contribution is -1.90. The molecule has 0 atom stereocenters. The molecule has 1 N–H and O–H groups in total. The van der Waals surface area contributed by atoms with Gasteiger partial charge in [0.25, 0.3) is 0 Å². The second kappa shape index (κ2) is 3.31. The summed E-state index contributed by atoms with van der Waals surface area (Å²) in [6.07, 6.45) is 1.91. The summed E-state index contributed by atoms with van der Waals surface area (Å²) in [5.41, 5.74) is 1.48. The minimum absolute atomic E-state index is 0.0672. The van der Waals surface area contributed by atoms with Crippen LogP contribution in [-0.4, -0.2) is 20.2 Å². The molecule has 0 fully saturated rings. The number of halogens is 1. The molecule has 5 heteroatoms. The molecule has 1 aromatic heterocycles. The lowest BCUT2D eigenvalue weighted by atomic mass is 10.2. The standard InChI is InChI=1S/C9H8ClN3O/c1-13-5-7-3-2-6(9(10)12-14)4-8(7)11-13/h2-5,14H,1H3. The molecule has 0 aliphatic carbocycles. The molecule has 14 heavy (non-hydrogen) atoms. The maximum atomic E-state index is 8.50. The van der Waals surface area contributed by atoms with E-state index in [9.17, 15) is 0 Å². The summed E-state index contributed by atoms with van der Waals surface area (Å²) in [6, 6.07) is 5.44. The Hall–Kier alpha value is -1.55. The summed E-state index contributed by atoms with van der Waals surface area (Å²) in [5.74, 6) is 0. The smallest absolute Gasteiger partial charge is 0.175 e. The van der Waals surface area contributed by atoms with Gasteiger partial charge in [-0.05, 0) is 6.07 Å². The van der Waals surface area contributed by atoms with E-state index in [1.54, 1.807) is 16.8 Å². The summed E-state index contributed by atoms with van der Waals surface area (Å²) in [5, 5.41) is 16.7. The van der Waals surface area contributed by atoms with Crippen LogP contribution in [0.25, 0.3) is 10.9 Å². The van der Waals surface area contributed by atoms with Crippen molar-refractivity contribution in [1.82, 2.24) is 9.78 Å². The zero-order valence-electron chi connectivity index (χ0n) is 7.48. The molecule has 1 aromatic carbocycles. The van der Waals surface area contributed by atoms with Crippen LogP contribution >= 0.6 is 11.6 Å². The van der Waals surface area contributed by atoms with Gasteiger partial charge in [-0.3, -0.25) is 4.68 Å². The number of fused-ring (bicyclic) bond motifs is 1. The molecular weight excluding hydrogens is 202 g/mol. The third kappa shape index (κ3) is 1.44. The average molecular weight is 210 g/mol. The van der Waals surface area contributed by atoms with Gasteiger partial charge in [0.15, 0.2) is 5.17 Å². The molecule has 72 valence electrons. The monoisotopic (exact) mass is 209 g/mol. The molecule has 0 aliphatic heterocycles. The first kappa shape index (κ1) is 9.02. The Morgan fingerprint density at radius 1 is 1.57 bits per heavy atom. The van der Waals surface area contributed by atoms with Gasteiger partial charge in [-0.1, -0.05) is 28.9 Å².